The molecule has 1 N–H and O–H groups in total. The van der Waals surface area contributed by atoms with Crippen molar-refractivity contribution in [3.8, 4) is 0 Å². The van der Waals surface area contributed by atoms with Crippen molar-refractivity contribution in [2.24, 2.45) is 0 Å². The lowest BCUT2D eigenvalue weighted by atomic mass is 10.2. The number of amides is 1. The number of anilines is 1. The van der Waals surface area contributed by atoms with E-state index in [9.17, 15) is 23.3 Å². The van der Waals surface area contributed by atoms with Gasteiger partial charge in [0.25, 0.3) is 11.6 Å². The highest BCUT2D eigenvalue weighted by atomic mass is 32.2. The normalized spacial score (nSPS) is 14.3. The summed E-state index contributed by atoms with van der Waals surface area (Å²) in [6.45, 7) is 1.03. The number of nitro benzene ring substituents is 1. The summed E-state index contributed by atoms with van der Waals surface area (Å²) >= 11 is 2.54. The molecule has 33 heavy (non-hydrogen) atoms. The number of rotatable bonds is 8. The van der Waals surface area contributed by atoms with Crippen LogP contribution in [-0.2, 0) is 15.8 Å². The highest BCUT2D eigenvalue weighted by Gasteiger charge is 2.27. The molecular formula is C20H19N5O5S3. The van der Waals surface area contributed by atoms with E-state index in [1.54, 1.807) is 12.1 Å². The van der Waals surface area contributed by atoms with Crippen LogP contribution in [0.3, 0.4) is 0 Å². The maximum Gasteiger partial charge on any atom is 0.269 e. The highest BCUT2D eigenvalue weighted by Crippen LogP contribution is 2.29. The fraction of sp³-hybridized carbons (Fsp3) is 0.250. The van der Waals surface area contributed by atoms with Crippen LogP contribution in [0.5, 0.6) is 0 Å². The van der Waals surface area contributed by atoms with Crippen LogP contribution in [0.25, 0.3) is 0 Å². The molecule has 0 saturated carbocycles. The number of carbonyl (C=O) groups is 1. The number of carbonyl (C=O) groups excluding carboxylic acids is 1. The van der Waals surface area contributed by atoms with Gasteiger partial charge in [0.1, 0.15) is 0 Å². The molecule has 1 amide bonds. The average molecular weight is 506 g/mol. The number of nitro groups is 1. The van der Waals surface area contributed by atoms with E-state index < -0.39 is 20.9 Å². The van der Waals surface area contributed by atoms with Crippen LogP contribution in [-0.4, -0.2) is 46.8 Å². The van der Waals surface area contributed by atoms with Crippen LogP contribution in [0.2, 0.25) is 0 Å². The first-order chi connectivity index (χ1) is 15.8. The molecule has 2 aromatic carbocycles. The summed E-state index contributed by atoms with van der Waals surface area (Å²) in [4.78, 5) is 23.1. The van der Waals surface area contributed by atoms with Crippen LogP contribution in [0, 0.1) is 10.1 Å². The lowest BCUT2D eigenvalue weighted by Gasteiger charge is -2.15. The number of nitrogens with one attached hydrogen (secondary N) is 1. The Balaban J connectivity index is 1.35. The monoisotopic (exact) mass is 505 g/mol. The van der Waals surface area contributed by atoms with Crippen LogP contribution in [0.4, 0.5) is 10.8 Å². The van der Waals surface area contributed by atoms with Gasteiger partial charge in [-0.2, -0.15) is 4.31 Å². The minimum Gasteiger partial charge on any atom is -0.296 e. The minimum absolute atomic E-state index is 0.0255. The van der Waals surface area contributed by atoms with Crippen molar-refractivity contribution >= 4 is 49.8 Å². The van der Waals surface area contributed by atoms with Gasteiger partial charge in [-0.25, -0.2) is 8.42 Å². The van der Waals surface area contributed by atoms with Gasteiger partial charge in [-0.05, 0) is 42.7 Å². The van der Waals surface area contributed by atoms with Gasteiger partial charge in [-0.15, -0.1) is 10.2 Å². The summed E-state index contributed by atoms with van der Waals surface area (Å²) in [5.74, 6) is 0.0449. The first-order valence-corrected chi connectivity index (χ1v) is 13.2. The molecule has 0 unspecified atom stereocenters. The van der Waals surface area contributed by atoms with Crippen molar-refractivity contribution < 1.29 is 18.1 Å². The van der Waals surface area contributed by atoms with Crippen molar-refractivity contribution in [2.45, 2.75) is 27.8 Å². The molecule has 0 atom stereocenters. The summed E-state index contributed by atoms with van der Waals surface area (Å²) in [6.07, 6.45) is 1.71. The molecule has 0 aliphatic carbocycles. The molecule has 13 heteroatoms. The number of aromatic nitrogens is 2. The van der Waals surface area contributed by atoms with Crippen LogP contribution in [0.15, 0.2) is 57.8 Å². The Morgan fingerprint density at radius 1 is 1.15 bits per heavy atom. The van der Waals surface area contributed by atoms with Crippen LogP contribution in [0.1, 0.15) is 28.8 Å². The number of hydrogen-bond acceptors (Lipinski definition) is 9. The lowest BCUT2D eigenvalue weighted by Crippen LogP contribution is -2.27. The molecule has 2 heterocycles. The highest BCUT2D eigenvalue weighted by molar-refractivity contribution is 8.00. The molecule has 1 fully saturated rings. The Labute approximate surface area is 198 Å². The number of thioether (sulfide) groups is 1. The second-order valence-corrected chi connectivity index (χ2v) is 11.3. The zero-order chi connectivity index (χ0) is 23.4. The third kappa shape index (κ3) is 5.55. The lowest BCUT2D eigenvalue weighted by molar-refractivity contribution is -0.384. The third-order valence-electron chi connectivity index (χ3n) is 4.93. The van der Waals surface area contributed by atoms with E-state index >= 15 is 0 Å². The van der Waals surface area contributed by atoms with Crippen LogP contribution >= 0.6 is 23.1 Å². The molecule has 1 aromatic heterocycles. The number of benzene rings is 2. The molecule has 1 saturated heterocycles. The average Bonchev–Trinajstić information content (AvgIpc) is 3.51. The van der Waals surface area contributed by atoms with E-state index in [2.05, 4.69) is 15.5 Å². The molecule has 1 aliphatic heterocycles. The van der Waals surface area contributed by atoms with Gasteiger partial charge in [0.05, 0.1) is 9.82 Å². The summed E-state index contributed by atoms with van der Waals surface area (Å²) in [6, 6.07) is 12.2. The second kappa shape index (κ2) is 9.95. The smallest absolute Gasteiger partial charge is 0.269 e. The number of hydrogen-bond donors (Lipinski definition) is 1. The predicted molar refractivity (Wildman–Crippen MR) is 125 cm³/mol. The van der Waals surface area contributed by atoms with E-state index in [0.717, 1.165) is 18.4 Å². The Bertz CT molecular complexity index is 1270. The molecule has 172 valence electrons. The summed E-state index contributed by atoms with van der Waals surface area (Å²) in [5.41, 5.74) is 1.10. The van der Waals surface area contributed by atoms with Crippen molar-refractivity contribution in [2.75, 3.05) is 18.4 Å². The number of non-ortho nitro benzene ring substituents is 1. The first-order valence-electron chi connectivity index (χ1n) is 9.94. The van der Waals surface area contributed by atoms with Gasteiger partial charge in [-0.3, -0.25) is 20.2 Å². The van der Waals surface area contributed by atoms with Crippen molar-refractivity contribution in [3.05, 3.63) is 69.8 Å². The molecule has 1 aliphatic rings. The largest absolute Gasteiger partial charge is 0.296 e. The topological polar surface area (TPSA) is 135 Å². The summed E-state index contributed by atoms with van der Waals surface area (Å²) in [7, 11) is -3.53. The summed E-state index contributed by atoms with van der Waals surface area (Å²) < 4.78 is 27.3. The zero-order valence-corrected chi connectivity index (χ0v) is 19.7. The Hall–Kier alpha value is -2.87. The first kappa shape index (κ1) is 23.3. The van der Waals surface area contributed by atoms with Gasteiger partial charge in [0.2, 0.25) is 15.2 Å². The molecular weight excluding hydrogens is 486 g/mol. The predicted octanol–water partition coefficient (Wildman–Crippen LogP) is 3.78. The maximum atomic E-state index is 12.6. The maximum absolute atomic E-state index is 12.6. The van der Waals surface area contributed by atoms with Crippen molar-refractivity contribution in [1.29, 1.82) is 0 Å². The Morgan fingerprint density at radius 2 is 1.88 bits per heavy atom. The van der Waals surface area contributed by atoms with Crippen LogP contribution < -0.4 is 5.32 Å². The van der Waals surface area contributed by atoms with E-state index in [0.29, 0.717) is 33.9 Å². The van der Waals surface area contributed by atoms with Gasteiger partial charge in [-0.1, -0.05) is 35.2 Å². The molecule has 0 spiro atoms. The molecule has 3 aromatic rings. The molecule has 4 rings (SSSR count). The van der Waals surface area contributed by atoms with E-state index in [1.165, 1.54) is 63.8 Å². The molecule has 10 nitrogen and oxygen atoms in total. The molecule has 0 bridgehead atoms. The van der Waals surface area contributed by atoms with E-state index in [4.69, 9.17) is 0 Å². The van der Waals surface area contributed by atoms with E-state index in [-0.39, 0.29) is 10.6 Å². The Morgan fingerprint density at radius 3 is 2.58 bits per heavy atom. The SMILES string of the molecule is O=C(Nc1nnc(SCc2cccc([N+](=O)[O-])c2)s1)c1ccc(S(=O)(=O)N2CCCC2)cc1. The quantitative estimate of drug-likeness (QED) is 0.211. The fourth-order valence-electron chi connectivity index (χ4n) is 3.25. The third-order valence-corrected chi connectivity index (χ3v) is 8.89. The minimum atomic E-state index is -3.53. The Kier molecular flexibility index (Phi) is 7.02. The summed E-state index contributed by atoms with van der Waals surface area (Å²) in [5, 5.41) is 21.8. The van der Waals surface area contributed by atoms with Gasteiger partial charge in [0.15, 0.2) is 4.34 Å². The number of sulfonamides is 1. The number of nitrogens with zero attached hydrogens (tertiary/aromatic N) is 4. The zero-order valence-electron chi connectivity index (χ0n) is 17.2. The standard InChI is InChI=1S/C20H19N5O5S3/c26-18(15-6-8-17(9-7-15)33(29,30)24-10-1-2-11-24)21-19-22-23-20(32-19)31-13-14-4-3-5-16(12-14)25(27)28/h3-9,12H,1-2,10-11,13H2,(H,21,22,26). The van der Waals surface area contributed by atoms with E-state index in [1.807, 2.05) is 0 Å². The second-order valence-electron chi connectivity index (χ2n) is 7.18. The van der Waals surface area contributed by atoms with Gasteiger partial charge < -0.3 is 0 Å². The van der Waals surface area contributed by atoms with Gasteiger partial charge in [0, 0.05) is 36.5 Å². The fourth-order valence-corrected chi connectivity index (χ4v) is 6.46. The molecule has 0 radical (unpaired) electrons. The van der Waals surface area contributed by atoms with Crippen molar-refractivity contribution in [3.63, 3.8) is 0 Å². The van der Waals surface area contributed by atoms with Gasteiger partial charge >= 0.3 is 0 Å². The van der Waals surface area contributed by atoms with Crippen molar-refractivity contribution in [1.82, 2.24) is 14.5 Å².